The molecule has 184 valence electrons. The number of rotatable bonds is 6. The first-order chi connectivity index (χ1) is 17.2. The van der Waals surface area contributed by atoms with Gasteiger partial charge >= 0.3 is 6.36 Å². The van der Waals surface area contributed by atoms with Crippen molar-refractivity contribution in [2.75, 3.05) is 16.0 Å². The third-order valence-corrected chi connectivity index (χ3v) is 5.83. The van der Waals surface area contributed by atoms with Crippen LogP contribution in [-0.2, 0) is 9.59 Å². The van der Waals surface area contributed by atoms with E-state index in [1.165, 1.54) is 17.0 Å². The number of thioether (sulfide) groups is 1. The van der Waals surface area contributed by atoms with Crippen LogP contribution in [0, 0.1) is 6.92 Å². The number of para-hydroxylation sites is 1. The predicted octanol–water partition coefficient (Wildman–Crippen LogP) is 6.01. The van der Waals surface area contributed by atoms with Crippen LogP contribution in [0.1, 0.15) is 11.1 Å². The van der Waals surface area contributed by atoms with Gasteiger partial charge < -0.3 is 10.1 Å². The summed E-state index contributed by atoms with van der Waals surface area (Å²) >= 11 is 1.08. The number of carbonyl (C=O) groups excluding carboxylic acids is 2. The van der Waals surface area contributed by atoms with Gasteiger partial charge in [-0.1, -0.05) is 59.8 Å². The fourth-order valence-electron chi connectivity index (χ4n) is 3.38. The van der Waals surface area contributed by atoms with Gasteiger partial charge in [-0.25, -0.2) is 4.99 Å². The van der Waals surface area contributed by atoms with Crippen molar-refractivity contribution in [2.24, 2.45) is 4.99 Å². The minimum atomic E-state index is -4.79. The number of amidine groups is 1. The van der Waals surface area contributed by atoms with Gasteiger partial charge in [0.25, 0.3) is 5.91 Å². The molecule has 0 aromatic heterocycles. The van der Waals surface area contributed by atoms with Crippen molar-refractivity contribution in [3.05, 3.63) is 95.7 Å². The predicted molar refractivity (Wildman–Crippen MR) is 135 cm³/mol. The maximum atomic E-state index is 13.2. The summed E-state index contributed by atoms with van der Waals surface area (Å²) in [7, 11) is 0. The molecular weight excluding hydrogens is 491 g/mol. The molecule has 1 N–H and O–H groups in total. The van der Waals surface area contributed by atoms with Crippen molar-refractivity contribution in [1.82, 2.24) is 0 Å². The first-order valence-corrected chi connectivity index (χ1v) is 11.7. The molecule has 0 radical (unpaired) electrons. The molecule has 0 saturated carbocycles. The van der Waals surface area contributed by atoms with Gasteiger partial charge in [-0.3, -0.25) is 14.5 Å². The first kappa shape index (κ1) is 25.1. The SMILES string of the molecule is Cc1cccc(/C=C2/N=C(SCC(=O)Nc3ccc(OC(F)(F)F)cc3)N(c3ccccc3)C2=O)c1. The summed E-state index contributed by atoms with van der Waals surface area (Å²) in [6, 6.07) is 21.4. The lowest BCUT2D eigenvalue weighted by molar-refractivity contribution is -0.274. The van der Waals surface area contributed by atoms with E-state index >= 15 is 0 Å². The Balaban J connectivity index is 1.48. The molecule has 0 aliphatic carbocycles. The Labute approximate surface area is 209 Å². The summed E-state index contributed by atoms with van der Waals surface area (Å²) < 4.78 is 40.8. The van der Waals surface area contributed by atoms with E-state index in [1.54, 1.807) is 30.3 Å². The number of nitrogens with one attached hydrogen (secondary N) is 1. The maximum absolute atomic E-state index is 13.2. The zero-order valence-corrected chi connectivity index (χ0v) is 19.8. The fraction of sp³-hybridized carbons (Fsp3) is 0.115. The highest BCUT2D eigenvalue weighted by Crippen LogP contribution is 2.30. The molecule has 6 nitrogen and oxygen atoms in total. The molecule has 2 amide bonds. The summed E-state index contributed by atoms with van der Waals surface area (Å²) in [5.74, 6) is -1.19. The average molecular weight is 512 g/mol. The summed E-state index contributed by atoms with van der Waals surface area (Å²) in [6.45, 7) is 1.95. The first-order valence-electron chi connectivity index (χ1n) is 10.7. The lowest BCUT2D eigenvalue weighted by atomic mass is 10.1. The average Bonchev–Trinajstić information content (AvgIpc) is 3.13. The molecule has 1 aliphatic heterocycles. The minimum absolute atomic E-state index is 0.0754. The lowest BCUT2D eigenvalue weighted by Crippen LogP contribution is -2.31. The summed E-state index contributed by atoms with van der Waals surface area (Å²) in [6.07, 6.45) is -3.10. The van der Waals surface area contributed by atoms with Crippen LogP contribution in [0.4, 0.5) is 24.5 Å². The van der Waals surface area contributed by atoms with Crippen LogP contribution in [0.3, 0.4) is 0 Å². The van der Waals surface area contributed by atoms with Crippen molar-refractivity contribution in [3.63, 3.8) is 0 Å². The minimum Gasteiger partial charge on any atom is -0.406 e. The van der Waals surface area contributed by atoms with E-state index in [2.05, 4.69) is 15.0 Å². The van der Waals surface area contributed by atoms with Crippen molar-refractivity contribution in [3.8, 4) is 5.75 Å². The molecule has 0 fully saturated rings. The van der Waals surface area contributed by atoms with Crippen molar-refractivity contribution in [1.29, 1.82) is 0 Å². The standard InChI is InChI=1S/C26H20F3N3O3S/c1-17-6-5-7-18(14-17)15-22-24(34)32(20-8-3-2-4-9-20)25(31-22)36-16-23(33)30-19-10-12-21(13-11-19)35-26(27,28)29/h2-15H,16H2,1H3,(H,30,33)/b22-15+. The highest BCUT2D eigenvalue weighted by Gasteiger charge is 2.32. The van der Waals surface area contributed by atoms with Gasteiger partial charge in [-0.05, 0) is 55.0 Å². The van der Waals surface area contributed by atoms with Crippen LogP contribution < -0.4 is 15.0 Å². The number of carbonyl (C=O) groups is 2. The monoisotopic (exact) mass is 511 g/mol. The number of aliphatic imine (C=N–C) groups is 1. The molecule has 4 rings (SSSR count). The smallest absolute Gasteiger partial charge is 0.406 e. The molecule has 3 aromatic rings. The molecule has 0 bridgehead atoms. The Hall–Kier alpha value is -4.05. The second-order valence-electron chi connectivity index (χ2n) is 7.72. The van der Waals surface area contributed by atoms with Crippen molar-refractivity contribution in [2.45, 2.75) is 13.3 Å². The van der Waals surface area contributed by atoms with E-state index in [1.807, 2.05) is 37.3 Å². The van der Waals surface area contributed by atoms with Gasteiger partial charge in [0.05, 0.1) is 11.4 Å². The van der Waals surface area contributed by atoms with E-state index < -0.39 is 12.3 Å². The number of alkyl halides is 3. The Bertz CT molecular complexity index is 1320. The molecule has 0 unspecified atom stereocenters. The Morgan fingerprint density at radius 1 is 1.06 bits per heavy atom. The van der Waals surface area contributed by atoms with Gasteiger partial charge in [0, 0.05) is 5.69 Å². The van der Waals surface area contributed by atoms with Gasteiger partial charge in [0.2, 0.25) is 5.91 Å². The van der Waals surface area contributed by atoms with E-state index in [-0.39, 0.29) is 23.1 Å². The molecule has 0 saturated heterocycles. The topological polar surface area (TPSA) is 71.0 Å². The quantitative estimate of drug-likeness (QED) is 0.412. The molecule has 10 heteroatoms. The van der Waals surface area contributed by atoms with E-state index in [0.29, 0.717) is 16.5 Å². The van der Waals surface area contributed by atoms with Gasteiger partial charge in [0.15, 0.2) is 5.17 Å². The molecule has 1 heterocycles. The number of hydrogen-bond acceptors (Lipinski definition) is 5. The normalized spacial score (nSPS) is 14.7. The number of amides is 2. The molecule has 1 aliphatic rings. The van der Waals surface area contributed by atoms with Crippen molar-refractivity contribution >= 4 is 46.2 Å². The van der Waals surface area contributed by atoms with E-state index in [9.17, 15) is 22.8 Å². The second kappa shape index (κ2) is 10.7. The number of hydrogen-bond donors (Lipinski definition) is 1. The van der Waals surface area contributed by atoms with Crippen LogP contribution in [0.5, 0.6) is 5.75 Å². The van der Waals surface area contributed by atoms with Gasteiger partial charge in [-0.15, -0.1) is 13.2 Å². The molecule has 0 spiro atoms. The highest BCUT2D eigenvalue weighted by molar-refractivity contribution is 8.14. The number of nitrogens with zero attached hydrogens (tertiary/aromatic N) is 2. The van der Waals surface area contributed by atoms with E-state index in [4.69, 9.17) is 0 Å². The Morgan fingerprint density at radius 3 is 2.44 bits per heavy atom. The van der Waals surface area contributed by atoms with Crippen LogP contribution in [0.25, 0.3) is 6.08 Å². The summed E-state index contributed by atoms with van der Waals surface area (Å²) in [5, 5.41) is 2.95. The summed E-state index contributed by atoms with van der Waals surface area (Å²) in [5.41, 5.74) is 3.04. The van der Waals surface area contributed by atoms with Gasteiger partial charge in [0.1, 0.15) is 11.4 Å². The molecule has 0 atom stereocenters. The molecule has 36 heavy (non-hydrogen) atoms. The largest absolute Gasteiger partial charge is 0.573 e. The van der Waals surface area contributed by atoms with Crippen LogP contribution in [0.2, 0.25) is 0 Å². The number of aryl methyl sites for hydroxylation is 1. The van der Waals surface area contributed by atoms with Crippen LogP contribution >= 0.6 is 11.8 Å². The zero-order valence-electron chi connectivity index (χ0n) is 19.0. The number of halogens is 3. The zero-order chi connectivity index (χ0) is 25.7. The van der Waals surface area contributed by atoms with Gasteiger partial charge in [-0.2, -0.15) is 0 Å². The number of anilines is 2. The summed E-state index contributed by atoms with van der Waals surface area (Å²) in [4.78, 5) is 31.6. The molecule has 3 aromatic carbocycles. The number of ether oxygens (including phenoxy) is 1. The highest BCUT2D eigenvalue weighted by atomic mass is 32.2. The number of benzene rings is 3. The van der Waals surface area contributed by atoms with Crippen LogP contribution in [0.15, 0.2) is 89.6 Å². The Kier molecular flexibility index (Phi) is 7.44. The van der Waals surface area contributed by atoms with Crippen LogP contribution in [-0.4, -0.2) is 29.1 Å². The third kappa shape index (κ3) is 6.54. The third-order valence-electron chi connectivity index (χ3n) is 4.89. The van der Waals surface area contributed by atoms with E-state index in [0.717, 1.165) is 35.0 Å². The fourth-order valence-corrected chi connectivity index (χ4v) is 4.20. The molecular formula is C26H20F3N3O3S. The second-order valence-corrected chi connectivity index (χ2v) is 8.67. The maximum Gasteiger partial charge on any atom is 0.573 e. The Morgan fingerprint density at radius 2 is 1.78 bits per heavy atom. The lowest BCUT2D eigenvalue weighted by Gasteiger charge is -2.17. The van der Waals surface area contributed by atoms with Crippen molar-refractivity contribution < 1.29 is 27.5 Å².